The fourth-order valence-corrected chi connectivity index (χ4v) is 1.95. The van der Waals surface area contributed by atoms with Gasteiger partial charge in [0, 0.05) is 18.9 Å². The molecule has 2 aromatic rings. The molecule has 0 saturated heterocycles. The van der Waals surface area contributed by atoms with Gasteiger partial charge in [-0.25, -0.2) is 9.37 Å². The monoisotopic (exact) mass is 233 g/mol. The minimum absolute atomic E-state index is 0.268. The van der Waals surface area contributed by atoms with Crippen molar-refractivity contribution in [2.24, 2.45) is 5.73 Å². The zero-order valence-corrected chi connectivity index (χ0v) is 10.0. The van der Waals surface area contributed by atoms with Crippen LogP contribution in [0.15, 0.2) is 30.6 Å². The van der Waals surface area contributed by atoms with Crippen LogP contribution in [0.25, 0.3) is 0 Å². The third-order valence-corrected chi connectivity index (χ3v) is 2.94. The number of halogens is 1. The van der Waals surface area contributed by atoms with E-state index in [2.05, 4.69) is 4.98 Å². The van der Waals surface area contributed by atoms with E-state index in [4.69, 9.17) is 5.73 Å². The number of nitrogens with zero attached hydrogens (tertiary/aromatic N) is 2. The number of nitrogens with two attached hydrogens (primary N) is 1. The van der Waals surface area contributed by atoms with Crippen molar-refractivity contribution in [1.82, 2.24) is 9.55 Å². The molecule has 0 amide bonds. The Kier molecular flexibility index (Phi) is 3.24. The first-order valence-corrected chi connectivity index (χ1v) is 5.66. The van der Waals surface area contributed by atoms with Crippen molar-refractivity contribution in [3.63, 3.8) is 0 Å². The van der Waals surface area contributed by atoms with Crippen LogP contribution >= 0.6 is 0 Å². The summed E-state index contributed by atoms with van der Waals surface area (Å²) in [6.07, 6.45) is 3.59. The Hall–Kier alpha value is -1.68. The first-order valence-electron chi connectivity index (χ1n) is 5.66. The van der Waals surface area contributed by atoms with Crippen LogP contribution in [-0.4, -0.2) is 9.55 Å². The van der Waals surface area contributed by atoms with Gasteiger partial charge in [0.2, 0.25) is 0 Å². The zero-order valence-electron chi connectivity index (χ0n) is 10.0. The van der Waals surface area contributed by atoms with Crippen LogP contribution in [0, 0.1) is 12.7 Å². The number of benzene rings is 1. The number of aromatic nitrogens is 2. The molecule has 0 bridgehead atoms. The van der Waals surface area contributed by atoms with Crippen molar-refractivity contribution in [3.05, 3.63) is 53.4 Å². The van der Waals surface area contributed by atoms with Gasteiger partial charge >= 0.3 is 0 Å². The van der Waals surface area contributed by atoms with Gasteiger partial charge in [-0.05, 0) is 37.1 Å². The topological polar surface area (TPSA) is 43.8 Å². The molecule has 2 rings (SSSR count). The van der Waals surface area contributed by atoms with Gasteiger partial charge in [0.05, 0.1) is 6.04 Å². The molecular formula is C13H16FN3. The second kappa shape index (κ2) is 4.67. The highest BCUT2D eigenvalue weighted by molar-refractivity contribution is 5.33. The van der Waals surface area contributed by atoms with Crippen molar-refractivity contribution >= 4 is 0 Å². The summed E-state index contributed by atoms with van der Waals surface area (Å²) < 4.78 is 15.2. The molecular weight excluding hydrogens is 217 g/mol. The van der Waals surface area contributed by atoms with Crippen LogP contribution in [-0.2, 0) is 6.54 Å². The Balaban J connectivity index is 2.43. The molecule has 1 unspecified atom stereocenters. The first kappa shape index (κ1) is 11.8. The number of hydrogen-bond donors (Lipinski definition) is 1. The van der Waals surface area contributed by atoms with Crippen LogP contribution < -0.4 is 5.73 Å². The molecule has 90 valence electrons. The third kappa shape index (κ3) is 2.22. The molecule has 0 aliphatic carbocycles. The quantitative estimate of drug-likeness (QED) is 0.884. The average Bonchev–Trinajstić information content (AvgIpc) is 2.79. The molecule has 3 nitrogen and oxygen atoms in total. The van der Waals surface area contributed by atoms with Crippen LogP contribution in [0.1, 0.15) is 29.9 Å². The van der Waals surface area contributed by atoms with E-state index in [1.807, 2.05) is 24.6 Å². The predicted octanol–water partition coefficient (Wildman–Crippen LogP) is 2.40. The van der Waals surface area contributed by atoms with Crippen LogP contribution in [0.4, 0.5) is 4.39 Å². The lowest BCUT2D eigenvalue weighted by Gasteiger charge is -2.15. The van der Waals surface area contributed by atoms with Crippen LogP contribution in [0.2, 0.25) is 0 Å². The van der Waals surface area contributed by atoms with Crippen molar-refractivity contribution in [1.29, 1.82) is 0 Å². The van der Waals surface area contributed by atoms with E-state index < -0.39 is 0 Å². The fourth-order valence-electron chi connectivity index (χ4n) is 1.95. The van der Waals surface area contributed by atoms with Crippen molar-refractivity contribution in [2.75, 3.05) is 0 Å². The highest BCUT2D eigenvalue weighted by atomic mass is 19.1. The van der Waals surface area contributed by atoms with E-state index in [0.717, 1.165) is 23.5 Å². The number of rotatable bonds is 3. The second-order valence-electron chi connectivity index (χ2n) is 4.05. The number of aryl methyl sites for hydroxylation is 2. The molecule has 1 aromatic carbocycles. The van der Waals surface area contributed by atoms with Gasteiger partial charge in [0.15, 0.2) is 0 Å². The summed E-state index contributed by atoms with van der Waals surface area (Å²) in [5.74, 6) is 0.497. The lowest BCUT2D eigenvalue weighted by atomic mass is 10.0. The third-order valence-electron chi connectivity index (χ3n) is 2.94. The van der Waals surface area contributed by atoms with Gasteiger partial charge in [0.25, 0.3) is 0 Å². The molecule has 17 heavy (non-hydrogen) atoms. The van der Waals surface area contributed by atoms with Gasteiger partial charge in [-0.3, -0.25) is 0 Å². The van der Waals surface area contributed by atoms with Gasteiger partial charge in [-0.1, -0.05) is 6.07 Å². The maximum absolute atomic E-state index is 13.2. The second-order valence-corrected chi connectivity index (χ2v) is 4.05. The molecule has 0 aliphatic rings. The highest BCUT2D eigenvalue weighted by Crippen LogP contribution is 2.22. The Bertz CT molecular complexity index is 519. The summed E-state index contributed by atoms with van der Waals surface area (Å²) in [6.45, 7) is 4.75. The number of imidazole rings is 1. The van der Waals surface area contributed by atoms with Crippen LogP contribution in [0.3, 0.4) is 0 Å². The maximum Gasteiger partial charge on any atom is 0.130 e. The van der Waals surface area contributed by atoms with Gasteiger partial charge in [-0.15, -0.1) is 0 Å². The van der Waals surface area contributed by atoms with Gasteiger partial charge in [0.1, 0.15) is 11.6 Å². The average molecular weight is 233 g/mol. The first-order chi connectivity index (χ1) is 8.13. The minimum atomic E-state index is -0.388. The Morgan fingerprint density at radius 3 is 2.94 bits per heavy atom. The van der Waals surface area contributed by atoms with Crippen LogP contribution in [0.5, 0.6) is 0 Å². The molecule has 1 atom stereocenters. The zero-order chi connectivity index (χ0) is 12.4. The summed E-state index contributed by atoms with van der Waals surface area (Å²) in [5, 5.41) is 0. The summed E-state index contributed by atoms with van der Waals surface area (Å²) in [5.41, 5.74) is 7.92. The van der Waals surface area contributed by atoms with Crippen molar-refractivity contribution < 1.29 is 4.39 Å². The molecule has 0 saturated carbocycles. The molecule has 0 spiro atoms. The smallest absolute Gasteiger partial charge is 0.130 e. The van der Waals surface area contributed by atoms with Gasteiger partial charge < -0.3 is 10.3 Å². The van der Waals surface area contributed by atoms with E-state index in [-0.39, 0.29) is 11.9 Å². The standard InChI is InChI=1S/C13H16FN3/c1-3-17-7-6-16-13(17)12(15)11-8-10(14)5-4-9(11)2/h4-8,12H,3,15H2,1-2H3. The lowest BCUT2D eigenvalue weighted by molar-refractivity contribution is 0.615. The van der Waals surface area contributed by atoms with Gasteiger partial charge in [-0.2, -0.15) is 0 Å². The Labute approximate surface area is 100 Å². The molecule has 2 N–H and O–H groups in total. The molecule has 4 heteroatoms. The van der Waals surface area contributed by atoms with E-state index in [1.54, 1.807) is 12.3 Å². The molecule has 0 fully saturated rings. The SMILES string of the molecule is CCn1ccnc1C(N)c1cc(F)ccc1C. The summed E-state index contributed by atoms with van der Waals surface area (Å²) in [6, 6.07) is 4.27. The Morgan fingerprint density at radius 2 is 2.24 bits per heavy atom. The van der Waals surface area contributed by atoms with Crippen molar-refractivity contribution in [2.45, 2.75) is 26.4 Å². The summed E-state index contributed by atoms with van der Waals surface area (Å²) >= 11 is 0. The normalized spacial score (nSPS) is 12.7. The predicted molar refractivity (Wildman–Crippen MR) is 65.1 cm³/mol. The Morgan fingerprint density at radius 1 is 1.47 bits per heavy atom. The number of hydrogen-bond acceptors (Lipinski definition) is 2. The van der Waals surface area contributed by atoms with E-state index in [1.165, 1.54) is 12.1 Å². The van der Waals surface area contributed by atoms with Crippen molar-refractivity contribution in [3.8, 4) is 0 Å². The molecule has 1 heterocycles. The van der Waals surface area contributed by atoms with E-state index in [9.17, 15) is 4.39 Å². The summed E-state index contributed by atoms with van der Waals surface area (Å²) in [4.78, 5) is 4.25. The largest absolute Gasteiger partial charge is 0.334 e. The lowest BCUT2D eigenvalue weighted by Crippen LogP contribution is -2.18. The molecule has 1 aromatic heterocycles. The fraction of sp³-hybridized carbons (Fsp3) is 0.308. The molecule has 0 aliphatic heterocycles. The summed E-state index contributed by atoms with van der Waals surface area (Å²) in [7, 11) is 0. The highest BCUT2D eigenvalue weighted by Gasteiger charge is 2.16. The van der Waals surface area contributed by atoms with E-state index in [0.29, 0.717) is 0 Å². The molecule has 0 radical (unpaired) electrons. The maximum atomic E-state index is 13.2. The van der Waals surface area contributed by atoms with E-state index >= 15 is 0 Å². The minimum Gasteiger partial charge on any atom is -0.334 e.